The number of anilines is 1. The van der Waals surface area contributed by atoms with Crippen molar-refractivity contribution in [2.75, 3.05) is 11.4 Å². The van der Waals surface area contributed by atoms with E-state index in [1.54, 1.807) is 6.20 Å². The molecule has 1 aromatic rings. The van der Waals surface area contributed by atoms with Gasteiger partial charge in [-0.15, -0.1) is 0 Å². The van der Waals surface area contributed by atoms with Crippen LogP contribution in [0.15, 0.2) is 23.5 Å². The number of oxime groups is 1. The van der Waals surface area contributed by atoms with Crippen LogP contribution in [0.1, 0.15) is 32.4 Å². The summed E-state index contributed by atoms with van der Waals surface area (Å²) in [5, 5.41) is 11.7. The van der Waals surface area contributed by atoms with Gasteiger partial charge in [0.25, 0.3) is 0 Å². The molecule has 0 bridgehead atoms. The van der Waals surface area contributed by atoms with Crippen LogP contribution in [0.5, 0.6) is 0 Å². The number of hydrogen-bond acceptors (Lipinski definition) is 4. The van der Waals surface area contributed by atoms with Gasteiger partial charge in [0, 0.05) is 24.5 Å². The lowest BCUT2D eigenvalue weighted by Crippen LogP contribution is -2.33. The van der Waals surface area contributed by atoms with Crippen molar-refractivity contribution >= 4 is 11.5 Å². The van der Waals surface area contributed by atoms with E-state index < -0.39 is 0 Å². The van der Waals surface area contributed by atoms with Crippen LogP contribution in [0, 0.1) is 5.92 Å². The van der Waals surface area contributed by atoms with E-state index in [9.17, 15) is 0 Å². The fourth-order valence-corrected chi connectivity index (χ4v) is 1.98. The zero-order chi connectivity index (χ0) is 13.1. The van der Waals surface area contributed by atoms with Gasteiger partial charge in [0.2, 0.25) is 0 Å². The lowest BCUT2D eigenvalue weighted by Gasteiger charge is -2.29. The molecule has 0 spiro atoms. The van der Waals surface area contributed by atoms with E-state index in [-0.39, 0.29) is 5.84 Å². The third-order valence-corrected chi connectivity index (χ3v) is 3.22. The Morgan fingerprint density at radius 2 is 2.33 bits per heavy atom. The Morgan fingerprint density at radius 3 is 2.89 bits per heavy atom. The van der Waals surface area contributed by atoms with Gasteiger partial charge >= 0.3 is 0 Å². The summed E-state index contributed by atoms with van der Waals surface area (Å²) in [5.74, 6) is 0.861. The highest BCUT2D eigenvalue weighted by molar-refractivity contribution is 5.95. The van der Waals surface area contributed by atoms with Gasteiger partial charge < -0.3 is 15.8 Å². The Kier molecular flexibility index (Phi) is 3.69. The molecule has 0 aliphatic heterocycles. The molecule has 0 amide bonds. The predicted octanol–water partition coefficient (Wildman–Crippen LogP) is 1.80. The predicted molar refractivity (Wildman–Crippen MR) is 72.0 cm³/mol. The number of amidine groups is 1. The van der Waals surface area contributed by atoms with E-state index >= 15 is 0 Å². The highest BCUT2D eigenvalue weighted by Gasteiger charge is 2.25. The molecule has 5 heteroatoms. The van der Waals surface area contributed by atoms with Gasteiger partial charge in [-0.3, -0.25) is 4.98 Å². The zero-order valence-electron chi connectivity index (χ0n) is 10.9. The molecular formula is C13H20N4O. The summed E-state index contributed by atoms with van der Waals surface area (Å²) >= 11 is 0. The van der Waals surface area contributed by atoms with Crippen molar-refractivity contribution in [2.24, 2.45) is 16.8 Å². The molecule has 1 aliphatic rings. The number of hydrogen-bond donors (Lipinski definition) is 2. The molecule has 5 nitrogen and oxygen atoms in total. The van der Waals surface area contributed by atoms with Crippen molar-refractivity contribution in [1.82, 2.24) is 4.98 Å². The van der Waals surface area contributed by atoms with E-state index in [0.29, 0.717) is 11.7 Å². The average Bonchev–Trinajstić information content (AvgIpc) is 3.18. The second-order valence-electron chi connectivity index (χ2n) is 5.07. The third kappa shape index (κ3) is 2.91. The Bertz CT molecular complexity index is 440. The summed E-state index contributed by atoms with van der Waals surface area (Å²) < 4.78 is 0. The zero-order valence-corrected chi connectivity index (χ0v) is 10.9. The highest BCUT2D eigenvalue weighted by Crippen LogP contribution is 2.32. The quantitative estimate of drug-likeness (QED) is 0.360. The minimum absolute atomic E-state index is 0.0481. The van der Waals surface area contributed by atoms with Gasteiger partial charge in [-0.2, -0.15) is 0 Å². The second-order valence-corrected chi connectivity index (χ2v) is 5.07. The van der Waals surface area contributed by atoms with Gasteiger partial charge in [-0.25, -0.2) is 0 Å². The maximum absolute atomic E-state index is 8.69. The van der Waals surface area contributed by atoms with Gasteiger partial charge in [-0.05, 0) is 44.7 Å². The van der Waals surface area contributed by atoms with Crippen molar-refractivity contribution in [1.29, 1.82) is 0 Å². The summed E-state index contributed by atoms with van der Waals surface area (Å²) in [7, 11) is 0. The summed E-state index contributed by atoms with van der Waals surface area (Å²) in [6.45, 7) is 5.41. The van der Waals surface area contributed by atoms with Crippen LogP contribution in [0.25, 0.3) is 0 Å². The number of aromatic nitrogens is 1. The van der Waals surface area contributed by atoms with Crippen molar-refractivity contribution < 1.29 is 5.21 Å². The molecule has 0 atom stereocenters. The molecule has 1 saturated carbocycles. The van der Waals surface area contributed by atoms with Crippen LogP contribution in [0.4, 0.5) is 5.69 Å². The van der Waals surface area contributed by atoms with Gasteiger partial charge in [0.15, 0.2) is 5.84 Å². The van der Waals surface area contributed by atoms with E-state index in [0.717, 1.165) is 18.2 Å². The smallest absolute Gasteiger partial charge is 0.188 e. The first-order chi connectivity index (χ1) is 8.61. The molecule has 1 aliphatic carbocycles. The first-order valence-corrected chi connectivity index (χ1v) is 6.32. The van der Waals surface area contributed by atoms with Gasteiger partial charge in [0.05, 0.1) is 0 Å². The molecule has 0 radical (unpaired) electrons. The van der Waals surface area contributed by atoms with Crippen LogP contribution >= 0.6 is 0 Å². The molecule has 3 N–H and O–H groups in total. The number of nitrogens with zero attached hydrogens (tertiary/aromatic N) is 3. The molecule has 0 unspecified atom stereocenters. The number of pyridine rings is 1. The fourth-order valence-electron chi connectivity index (χ4n) is 1.98. The van der Waals surface area contributed by atoms with Crippen molar-refractivity contribution in [3.63, 3.8) is 0 Å². The topological polar surface area (TPSA) is 74.7 Å². The van der Waals surface area contributed by atoms with Crippen LogP contribution in [0.3, 0.4) is 0 Å². The summed E-state index contributed by atoms with van der Waals surface area (Å²) in [6.07, 6.45) is 4.34. The first-order valence-electron chi connectivity index (χ1n) is 6.32. The highest BCUT2D eigenvalue weighted by atomic mass is 16.4. The molecule has 1 aromatic heterocycles. The molecule has 1 fully saturated rings. The molecule has 0 saturated heterocycles. The fraction of sp³-hybridized carbons (Fsp3) is 0.538. The maximum Gasteiger partial charge on any atom is 0.188 e. The minimum Gasteiger partial charge on any atom is -0.409 e. The van der Waals surface area contributed by atoms with Crippen LogP contribution in [-0.4, -0.2) is 28.6 Å². The third-order valence-electron chi connectivity index (χ3n) is 3.22. The van der Waals surface area contributed by atoms with E-state index in [1.807, 2.05) is 12.1 Å². The Labute approximate surface area is 107 Å². The van der Waals surface area contributed by atoms with Crippen LogP contribution in [-0.2, 0) is 0 Å². The monoisotopic (exact) mass is 248 g/mol. The first kappa shape index (κ1) is 12.7. The minimum atomic E-state index is 0.0481. The van der Waals surface area contributed by atoms with Crippen molar-refractivity contribution in [3.05, 3.63) is 24.0 Å². The molecule has 98 valence electrons. The SMILES string of the molecule is CC(C)N(CC1CC1)c1ccnc(C(N)=NO)c1. The molecule has 18 heavy (non-hydrogen) atoms. The lowest BCUT2D eigenvalue weighted by molar-refractivity contribution is 0.318. The molecule has 2 rings (SSSR count). The number of nitrogens with two attached hydrogens (primary N) is 1. The van der Waals surface area contributed by atoms with E-state index in [1.165, 1.54) is 12.8 Å². The average molecular weight is 248 g/mol. The number of rotatable bonds is 5. The van der Waals surface area contributed by atoms with Gasteiger partial charge in [0.1, 0.15) is 5.69 Å². The van der Waals surface area contributed by atoms with E-state index in [4.69, 9.17) is 10.9 Å². The van der Waals surface area contributed by atoms with Crippen LogP contribution in [0.2, 0.25) is 0 Å². The van der Waals surface area contributed by atoms with Crippen LogP contribution < -0.4 is 10.6 Å². The summed E-state index contributed by atoms with van der Waals surface area (Å²) in [6, 6.07) is 4.27. The van der Waals surface area contributed by atoms with Gasteiger partial charge in [-0.1, -0.05) is 5.16 Å². The summed E-state index contributed by atoms with van der Waals surface area (Å²) in [4.78, 5) is 6.44. The maximum atomic E-state index is 8.69. The molecule has 0 aromatic carbocycles. The Balaban J connectivity index is 2.23. The normalized spacial score (nSPS) is 16.1. The standard InChI is InChI=1S/C13H20N4O/c1-9(2)17(8-10-3-4-10)11-5-6-15-12(7-11)13(14)16-18/h5-7,9-10,18H,3-4,8H2,1-2H3,(H2,14,16). The Morgan fingerprint density at radius 1 is 1.61 bits per heavy atom. The van der Waals surface area contributed by atoms with Crippen molar-refractivity contribution in [3.8, 4) is 0 Å². The Hall–Kier alpha value is -1.78. The summed E-state index contributed by atoms with van der Waals surface area (Å²) in [5.41, 5.74) is 7.16. The lowest BCUT2D eigenvalue weighted by atomic mass is 10.2. The second kappa shape index (κ2) is 5.25. The van der Waals surface area contributed by atoms with Crippen molar-refractivity contribution in [2.45, 2.75) is 32.7 Å². The largest absolute Gasteiger partial charge is 0.409 e. The van der Waals surface area contributed by atoms with E-state index in [2.05, 4.69) is 28.9 Å². The molecule has 1 heterocycles. The molecular weight excluding hydrogens is 228 g/mol.